The Morgan fingerprint density at radius 1 is 1.47 bits per heavy atom. The molecular formula is C13H15NO2S. The molecule has 0 aromatic heterocycles. The number of benzene rings is 1. The molecular weight excluding hydrogens is 234 g/mol. The average Bonchev–Trinajstić information content (AvgIpc) is 2.71. The molecule has 0 N–H and O–H groups in total. The topological polar surface area (TPSA) is 29.5 Å². The van der Waals surface area contributed by atoms with Crippen molar-refractivity contribution in [1.29, 1.82) is 0 Å². The molecule has 0 spiro atoms. The summed E-state index contributed by atoms with van der Waals surface area (Å²) in [6.07, 6.45) is 1.24. The van der Waals surface area contributed by atoms with Gasteiger partial charge in [-0.2, -0.15) is 0 Å². The first-order chi connectivity index (χ1) is 8.22. The second-order valence-corrected chi connectivity index (χ2v) is 4.39. The molecule has 1 aliphatic rings. The van der Waals surface area contributed by atoms with Crippen molar-refractivity contribution in [3.8, 4) is 0 Å². The van der Waals surface area contributed by atoms with E-state index < -0.39 is 0 Å². The Balaban J connectivity index is 2.10. The summed E-state index contributed by atoms with van der Waals surface area (Å²) in [5.74, 6) is 0.0356. The lowest BCUT2D eigenvalue weighted by Gasteiger charge is -2.20. The van der Waals surface area contributed by atoms with Gasteiger partial charge in [-0.1, -0.05) is 37.3 Å². The van der Waals surface area contributed by atoms with Crippen molar-refractivity contribution in [2.45, 2.75) is 25.8 Å². The molecule has 90 valence electrons. The van der Waals surface area contributed by atoms with Crippen LogP contribution in [0.2, 0.25) is 0 Å². The second-order valence-electron chi connectivity index (χ2n) is 4.04. The highest BCUT2D eigenvalue weighted by atomic mass is 32.1. The zero-order valence-corrected chi connectivity index (χ0v) is 10.6. The Kier molecular flexibility index (Phi) is 3.74. The van der Waals surface area contributed by atoms with Crippen molar-refractivity contribution >= 4 is 23.3 Å². The predicted octanol–water partition coefficient (Wildman–Crippen LogP) is 2.15. The Hall–Kier alpha value is -1.42. The van der Waals surface area contributed by atoms with E-state index in [1.165, 1.54) is 5.56 Å². The minimum atomic E-state index is 0.0356. The fourth-order valence-corrected chi connectivity index (χ4v) is 2.29. The zero-order chi connectivity index (χ0) is 12.3. The van der Waals surface area contributed by atoms with Crippen molar-refractivity contribution in [2.75, 3.05) is 6.61 Å². The largest absolute Gasteiger partial charge is 0.468 e. The molecule has 0 saturated carbocycles. The Bertz CT molecular complexity index is 419. The first-order valence-corrected chi connectivity index (χ1v) is 6.16. The Morgan fingerprint density at radius 3 is 2.82 bits per heavy atom. The van der Waals surface area contributed by atoms with Gasteiger partial charge in [-0.3, -0.25) is 9.69 Å². The van der Waals surface area contributed by atoms with Crippen LogP contribution >= 0.6 is 12.2 Å². The van der Waals surface area contributed by atoms with Crippen LogP contribution in [0, 0.1) is 0 Å². The Labute approximate surface area is 106 Å². The lowest BCUT2D eigenvalue weighted by Crippen LogP contribution is -2.39. The number of thiocarbonyl (C=S) groups is 1. The molecule has 1 fully saturated rings. The number of amides is 1. The van der Waals surface area contributed by atoms with Gasteiger partial charge in [0.05, 0.1) is 6.04 Å². The summed E-state index contributed by atoms with van der Waals surface area (Å²) in [4.78, 5) is 13.4. The second kappa shape index (κ2) is 5.27. The molecule has 1 saturated heterocycles. The maximum Gasteiger partial charge on any atom is 0.266 e. The number of hydrogen-bond donors (Lipinski definition) is 0. The first kappa shape index (κ1) is 12.0. The normalized spacial score (nSPS) is 19.2. The van der Waals surface area contributed by atoms with Gasteiger partial charge in [-0.05, 0) is 24.2 Å². The number of rotatable bonds is 3. The number of carbonyl (C=O) groups excluding carboxylic acids is 1. The standard InChI is InChI=1S/C13H15NO2S/c1-2-12(15)14-11(9-16-13(14)17)8-10-6-4-3-5-7-10/h3-7,11H,2,8-9H2,1H3. The minimum Gasteiger partial charge on any atom is -0.468 e. The van der Waals surface area contributed by atoms with Crippen molar-refractivity contribution < 1.29 is 9.53 Å². The lowest BCUT2D eigenvalue weighted by molar-refractivity contribution is -0.127. The highest BCUT2D eigenvalue weighted by molar-refractivity contribution is 7.80. The van der Waals surface area contributed by atoms with Crippen LogP contribution in [0.4, 0.5) is 0 Å². The molecule has 0 aliphatic carbocycles. The smallest absolute Gasteiger partial charge is 0.266 e. The summed E-state index contributed by atoms with van der Waals surface area (Å²) in [6.45, 7) is 2.34. The quantitative estimate of drug-likeness (QED) is 0.769. The molecule has 1 atom stereocenters. The van der Waals surface area contributed by atoms with Crippen molar-refractivity contribution in [2.24, 2.45) is 0 Å². The van der Waals surface area contributed by atoms with Crippen LogP contribution in [-0.4, -0.2) is 28.6 Å². The van der Waals surface area contributed by atoms with Crippen LogP contribution in [0.3, 0.4) is 0 Å². The zero-order valence-electron chi connectivity index (χ0n) is 9.76. The maximum atomic E-state index is 11.8. The van der Waals surface area contributed by atoms with Gasteiger partial charge in [0.15, 0.2) is 0 Å². The summed E-state index contributed by atoms with van der Waals surface area (Å²) in [6, 6.07) is 10.1. The molecule has 1 aromatic carbocycles. The van der Waals surface area contributed by atoms with Crippen LogP contribution in [0.5, 0.6) is 0 Å². The molecule has 1 unspecified atom stereocenters. The van der Waals surface area contributed by atoms with E-state index in [1.54, 1.807) is 4.90 Å². The van der Waals surface area contributed by atoms with Crippen LogP contribution < -0.4 is 0 Å². The van der Waals surface area contributed by atoms with E-state index in [-0.39, 0.29) is 11.9 Å². The van der Waals surface area contributed by atoms with Gasteiger partial charge in [0.1, 0.15) is 6.61 Å². The minimum absolute atomic E-state index is 0.0356. The van der Waals surface area contributed by atoms with Gasteiger partial charge in [0.2, 0.25) is 5.91 Å². The SMILES string of the molecule is CCC(=O)N1C(=S)OCC1Cc1ccccc1. The summed E-state index contributed by atoms with van der Waals surface area (Å²) in [7, 11) is 0. The van der Waals surface area contributed by atoms with Crippen LogP contribution in [0.25, 0.3) is 0 Å². The number of carbonyl (C=O) groups is 1. The predicted molar refractivity (Wildman–Crippen MR) is 69.6 cm³/mol. The first-order valence-electron chi connectivity index (χ1n) is 5.75. The highest BCUT2D eigenvalue weighted by Gasteiger charge is 2.33. The van der Waals surface area contributed by atoms with E-state index in [0.29, 0.717) is 18.2 Å². The fourth-order valence-electron chi connectivity index (χ4n) is 1.97. The van der Waals surface area contributed by atoms with Crippen LogP contribution in [0.15, 0.2) is 30.3 Å². The molecule has 1 heterocycles. The summed E-state index contributed by atoms with van der Waals surface area (Å²) in [5, 5.41) is 0.317. The van der Waals surface area contributed by atoms with E-state index in [1.807, 2.05) is 25.1 Å². The maximum absolute atomic E-state index is 11.8. The molecule has 2 rings (SSSR count). The molecule has 0 bridgehead atoms. The third-order valence-corrected chi connectivity index (χ3v) is 3.16. The molecule has 3 nitrogen and oxygen atoms in total. The highest BCUT2D eigenvalue weighted by Crippen LogP contribution is 2.18. The van der Waals surface area contributed by atoms with E-state index in [0.717, 1.165) is 6.42 Å². The van der Waals surface area contributed by atoms with Crippen molar-refractivity contribution in [1.82, 2.24) is 4.90 Å². The summed E-state index contributed by atoms with van der Waals surface area (Å²) in [5.41, 5.74) is 1.19. The van der Waals surface area contributed by atoms with Gasteiger partial charge < -0.3 is 4.74 Å². The third kappa shape index (κ3) is 2.64. The monoisotopic (exact) mass is 249 g/mol. The third-order valence-electron chi connectivity index (χ3n) is 2.85. The van der Waals surface area contributed by atoms with Gasteiger partial charge in [-0.25, -0.2) is 0 Å². The van der Waals surface area contributed by atoms with Crippen molar-refractivity contribution in [3.05, 3.63) is 35.9 Å². The summed E-state index contributed by atoms with van der Waals surface area (Å²) < 4.78 is 5.31. The molecule has 1 aliphatic heterocycles. The molecule has 0 radical (unpaired) electrons. The van der Waals surface area contributed by atoms with Crippen LogP contribution in [-0.2, 0) is 16.0 Å². The average molecular weight is 249 g/mol. The molecule has 1 aromatic rings. The lowest BCUT2D eigenvalue weighted by atomic mass is 10.1. The van der Waals surface area contributed by atoms with E-state index in [4.69, 9.17) is 17.0 Å². The van der Waals surface area contributed by atoms with Gasteiger partial charge in [0, 0.05) is 6.42 Å². The van der Waals surface area contributed by atoms with E-state index >= 15 is 0 Å². The van der Waals surface area contributed by atoms with Crippen LogP contribution in [0.1, 0.15) is 18.9 Å². The summed E-state index contributed by atoms with van der Waals surface area (Å²) >= 11 is 5.06. The molecule has 1 amide bonds. The van der Waals surface area contributed by atoms with E-state index in [2.05, 4.69) is 12.1 Å². The van der Waals surface area contributed by atoms with Gasteiger partial charge in [-0.15, -0.1) is 0 Å². The number of nitrogens with zero attached hydrogens (tertiary/aromatic N) is 1. The number of hydrogen-bond acceptors (Lipinski definition) is 3. The van der Waals surface area contributed by atoms with E-state index in [9.17, 15) is 4.79 Å². The number of ether oxygens (including phenoxy) is 1. The fraction of sp³-hybridized carbons (Fsp3) is 0.385. The Morgan fingerprint density at radius 2 is 2.18 bits per heavy atom. The molecule has 4 heteroatoms. The van der Waals surface area contributed by atoms with Gasteiger partial charge >= 0.3 is 0 Å². The van der Waals surface area contributed by atoms with Gasteiger partial charge in [0.25, 0.3) is 5.17 Å². The molecule has 17 heavy (non-hydrogen) atoms. The van der Waals surface area contributed by atoms with Crippen molar-refractivity contribution in [3.63, 3.8) is 0 Å².